The monoisotopic (exact) mass is 448 g/mol. The third-order valence-corrected chi connectivity index (χ3v) is 5.95. The number of benzene rings is 2. The Morgan fingerprint density at radius 2 is 1.91 bits per heavy atom. The summed E-state index contributed by atoms with van der Waals surface area (Å²) in [6.45, 7) is 1.06. The van der Waals surface area contributed by atoms with Crippen molar-refractivity contribution in [1.29, 1.82) is 0 Å². The lowest BCUT2D eigenvalue weighted by Gasteiger charge is -2.30. The van der Waals surface area contributed by atoms with Gasteiger partial charge in [-0.2, -0.15) is 0 Å². The molecule has 0 aromatic heterocycles. The van der Waals surface area contributed by atoms with Crippen LogP contribution in [0.4, 0.5) is 13.2 Å². The van der Waals surface area contributed by atoms with Crippen molar-refractivity contribution in [2.24, 2.45) is 0 Å². The van der Waals surface area contributed by atoms with Crippen molar-refractivity contribution in [3.63, 3.8) is 0 Å². The zero-order valence-corrected chi connectivity index (χ0v) is 18.3. The van der Waals surface area contributed by atoms with E-state index in [2.05, 4.69) is 35.8 Å². The second-order valence-corrected chi connectivity index (χ2v) is 8.49. The minimum Gasteiger partial charge on any atom is -0.390 e. The SMILES string of the molecule is CCCc1ccc2c(c1)C(NCC(O)C(Cc1cc(F)cc(F)c1)NC(=O)CF)CCC2. The number of hydrogen-bond donors (Lipinski definition) is 3. The lowest BCUT2D eigenvalue weighted by molar-refractivity contribution is -0.123. The minimum atomic E-state index is -1.23. The van der Waals surface area contributed by atoms with E-state index in [0.717, 1.165) is 50.3 Å². The summed E-state index contributed by atoms with van der Waals surface area (Å²) < 4.78 is 39.9. The molecule has 0 aliphatic heterocycles. The smallest absolute Gasteiger partial charge is 0.251 e. The first-order valence-electron chi connectivity index (χ1n) is 11.2. The van der Waals surface area contributed by atoms with Gasteiger partial charge >= 0.3 is 0 Å². The first-order chi connectivity index (χ1) is 15.4. The maximum Gasteiger partial charge on any atom is 0.251 e. The molecular weight excluding hydrogens is 417 g/mol. The standard InChI is InChI=1S/C25H31F3N2O2/c1-2-4-16-7-8-18-5-3-6-22(21(18)11-16)29-15-24(31)23(30-25(32)14-26)12-17-9-19(27)13-20(28)10-17/h7-11,13,22-24,29,31H,2-6,12,14-15H2,1H3,(H,30,32). The van der Waals surface area contributed by atoms with Crippen molar-refractivity contribution < 1.29 is 23.1 Å². The van der Waals surface area contributed by atoms with Crippen LogP contribution in [-0.4, -0.2) is 36.4 Å². The predicted octanol–water partition coefficient (Wildman–Crippen LogP) is 3.94. The van der Waals surface area contributed by atoms with E-state index < -0.39 is 36.4 Å². The average Bonchev–Trinajstić information content (AvgIpc) is 2.76. The van der Waals surface area contributed by atoms with Crippen molar-refractivity contribution in [3.05, 3.63) is 70.3 Å². The lowest BCUT2D eigenvalue weighted by Crippen LogP contribution is -2.49. The van der Waals surface area contributed by atoms with Gasteiger partial charge in [-0.25, -0.2) is 13.2 Å². The predicted molar refractivity (Wildman–Crippen MR) is 118 cm³/mol. The summed E-state index contributed by atoms with van der Waals surface area (Å²) in [5, 5.41) is 16.6. The van der Waals surface area contributed by atoms with Crippen molar-refractivity contribution >= 4 is 5.91 Å². The van der Waals surface area contributed by atoms with Crippen LogP contribution < -0.4 is 10.6 Å². The zero-order valence-electron chi connectivity index (χ0n) is 18.3. The molecule has 0 bridgehead atoms. The van der Waals surface area contributed by atoms with Crippen LogP contribution in [0.15, 0.2) is 36.4 Å². The van der Waals surface area contributed by atoms with E-state index in [-0.39, 0.29) is 24.6 Å². The Labute approximate surface area is 187 Å². The van der Waals surface area contributed by atoms with Gasteiger partial charge in [-0.05, 0) is 66.5 Å². The van der Waals surface area contributed by atoms with Gasteiger partial charge < -0.3 is 15.7 Å². The quantitative estimate of drug-likeness (QED) is 0.516. The summed E-state index contributed by atoms with van der Waals surface area (Å²) in [7, 11) is 0. The Bertz CT molecular complexity index is 902. The number of hydrogen-bond acceptors (Lipinski definition) is 3. The van der Waals surface area contributed by atoms with Gasteiger partial charge in [0.25, 0.3) is 5.91 Å². The molecular formula is C25H31F3N2O2. The van der Waals surface area contributed by atoms with Gasteiger partial charge in [-0.1, -0.05) is 31.5 Å². The number of aliphatic hydroxyl groups is 1. The maximum atomic E-state index is 13.6. The van der Waals surface area contributed by atoms with Crippen molar-refractivity contribution in [2.45, 2.75) is 63.6 Å². The maximum absolute atomic E-state index is 13.6. The van der Waals surface area contributed by atoms with Crippen LogP contribution in [-0.2, 0) is 24.1 Å². The molecule has 32 heavy (non-hydrogen) atoms. The molecule has 0 saturated heterocycles. The van der Waals surface area contributed by atoms with Crippen molar-refractivity contribution in [2.75, 3.05) is 13.2 Å². The summed E-state index contributed by atoms with van der Waals surface area (Å²) in [6.07, 6.45) is 3.94. The van der Waals surface area contributed by atoms with Gasteiger partial charge in [0.15, 0.2) is 6.67 Å². The lowest BCUT2D eigenvalue weighted by atomic mass is 9.86. The number of alkyl halides is 1. The van der Waals surface area contributed by atoms with Crippen LogP contribution >= 0.6 is 0 Å². The molecule has 0 heterocycles. The summed E-state index contributed by atoms with van der Waals surface area (Å²) in [4.78, 5) is 11.7. The molecule has 0 radical (unpaired) electrons. The highest BCUT2D eigenvalue weighted by Crippen LogP contribution is 2.31. The fourth-order valence-corrected chi connectivity index (χ4v) is 4.42. The van der Waals surface area contributed by atoms with Crippen LogP contribution in [0.5, 0.6) is 0 Å². The summed E-state index contributed by atoms with van der Waals surface area (Å²) in [5.74, 6) is -2.37. The molecule has 0 saturated carbocycles. The number of amides is 1. The first kappa shape index (κ1) is 24.3. The largest absolute Gasteiger partial charge is 0.390 e. The van der Waals surface area contributed by atoms with Gasteiger partial charge in [0.2, 0.25) is 0 Å². The number of fused-ring (bicyclic) bond motifs is 1. The molecule has 1 aliphatic carbocycles. The number of carbonyl (C=O) groups is 1. The third-order valence-electron chi connectivity index (χ3n) is 5.95. The molecule has 3 atom stereocenters. The van der Waals surface area contributed by atoms with E-state index in [1.165, 1.54) is 16.7 Å². The Morgan fingerprint density at radius 1 is 1.16 bits per heavy atom. The highest BCUT2D eigenvalue weighted by Gasteiger charge is 2.25. The molecule has 3 unspecified atom stereocenters. The number of aliphatic hydroxyl groups excluding tert-OH is 1. The van der Waals surface area contributed by atoms with E-state index in [1.807, 2.05) is 0 Å². The zero-order chi connectivity index (χ0) is 23.1. The summed E-state index contributed by atoms with van der Waals surface area (Å²) in [5.41, 5.74) is 4.08. The van der Waals surface area contributed by atoms with Crippen LogP contribution in [0.1, 0.15) is 54.5 Å². The second kappa shape index (κ2) is 11.5. The number of halogens is 3. The van der Waals surface area contributed by atoms with E-state index in [0.29, 0.717) is 0 Å². The fourth-order valence-electron chi connectivity index (χ4n) is 4.42. The Balaban J connectivity index is 1.70. The summed E-state index contributed by atoms with van der Waals surface area (Å²) in [6, 6.07) is 8.78. The fraction of sp³-hybridized carbons (Fsp3) is 0.480. The second-order valence-electron chi connectivity index (χ2n) is 8.49. The van der Waals surface area contributed by atoms with E-state index in [4.69, 9.17) is 0 Å². The van der Waals surface area contributed by atoms with Crippen LogP contribution in [0.3, 0.4) is 0 Å². The average molecular weight is 449 g/mol. The van der Waals surface area contributed by atoms with E-state index in [9.17, 15) is 23.1 Å². The molecule has 3 N–H and O–H groups in total. The molecule has 2 aromatic rings. The van der Waals surface area contributed by atoms with E-state index in [1.54, 1.807) is 0 Å². The van der Waals surface area contributed by atoms with Gasteiger partial charge in [0.05, 0.1) is 12.1 Å². The van der Waals surface area contributed by atoms with Gasteiger partial charge in [0.1, 0.15) is 11.6 Å². The van der Waals surface area contributed by atoms with Crippen LogP contribution in [0.2, 0.25) is 0 Å². The number of rotatable bonds is 10. The highest BCUT2D eigenvalue weighted by atomic mass is 19.1. The molecule has 3 rings (SSSR count). The van der Waals surface area contributed by atoms with Crippen LogP contribution in [0, 0.1) is 11.6 Å². The molecule has 4 nitrogen and oxygen atoms in total. The topological polar surface area (TPSA) is 61.4 Å². The molecule has 0 spiro atoms. The molecule has 174 valence electrons. The Hall–Kier alpha value is -2.38. The Morgan fingerprint density at radius 3 is 2.59 bits per heavy atom. The number of carbonyl (C=O) groups excluding carboxylic acids is 1. The molecule has 0 fully saturated rings. The first-order valence-corrected chi connectivity index (χ1v) is 11.2. The number of aryl methyl sites for hydroxylation is 2. The molecule has 1 aliphatic rings. The van der Waals surface area contributed by atoms with Gasteiger partial charge in [-0.3, -0.25) is 4.79 Å². The third kappa shape index (κ3) is 6.56. The van der Waals surface area contributed by atoms with Crippen molar-refractivity contribution in [1.82, 2.24) is 10.6 Å². The molecule has 2 aromatic carbocycles. The normalized spacial score (nSPS) is 17.5. The highest BCUT2D eigenvalue weighted by molar-refractivity contribution is 5.77. The molecule has 1 amide bonds. The van der Waals surface area contributed by atoms with Crippen LogP contribution in [0.25, 0.3) is 0 Å². The van der Waals surface area contributed by atoms with Gasteiger partial charge in [-0.15, -0.1) is 0 Å². The van der Waals surface area contributed by atoms with E-state index >= 15 is 0 Å². The summed E-state index contributed by atoms with van der Waals surface area (Å²) >= 11 is 0. The minimum absolute atomic E-state index is 0.0227. The molecule has 7 heteroatoms. The number of nitrogens with one attached hydrogen (secondary N) is 2. The van der Waals surface area contributed by atoms with Gasteiger partial charge in [0, 0.05) is 18.7 Å². The van der Waals surface area contributed by atoms with Crippen molar-refractivity contribution in [3.8, 4) is 0 Å². The Kier molecular flexibility index (Phi) is 8.70.